The second kappa shape index (κ2) is 6.18. The van der Waals surface area contributed by atoms with E-state index < -0.39 is 17.8 Å². The van der Waals surface area contributed by atoms with Gasteiger partial charge in [0.15, 0.2) is 0 Å². The van der Waals surface area contributed by atoms with Gasteiger partial charge in [-0.15, -0.1) is 0 Å². The van der Waals surface area contributed by atoms with Crippen LogP contribution in [0.4, 0.5) is 0 Å². The van der Waals surface area contributed by atoms with Crippen molar-refractivity contribution in [1.29, 1.82) is 0 Å². The monoisotopic (exact) mass is 257 g/mol. The zero-order valence-electron chi connectivity index (χ0n) is 11.3. The number of amides is 1. The Kier molecular flexibility index (Phi) is 5.14. The van der Waals surface area contributed by atoms with Crippen molar-refractivity contribution in [2.75, 3.05) is 13.7 Å². The van der Waals surface area contributed by atoms with Gasteiger partial charge in [-0.3, -0.25) is 9.59 Å². The maximum Gasteiger partial charge on any atom is 0.307 e. The molecule has 1 rings (SSSR count). The van der Waals surface area contributed by atoms with Crippen molar-refractivity contribution in [1.82, 2.24) is 4.90 Å². The average molecular weight is 257 g/mol. The number of nitrogens with zero attached hydrogens (tertiary/aromatic N) is 1. The zero-order chi connectivity index (χ0) is 13.9. The molecule has 1 amide bonds. The van der Waals surface area contributed by atoms with Gasteiger partial charge in [0.2, 0.25) is 5.91 Å². The molecular weight excluding hydrogens is 234 g/mol. The van der Waals surface area contributed by atoms with Gasteiger partial charge in [-0.05, 0) is 25.7 Å². The largest absolute Gasteiger partial charge is 0.481 e. The van der Waals surface area contributed by atoms with Crippen molar-refractivity contribution in [2.24, 2.45) is 17.8 Å². The lowest BCUT2D eigenvalue weighted by Gasteiger charge is -2.27. The molecule has 18 heavy (non-hydrogen) atoms. The highest BCUT2D eigenvalue weighted by molar-refractivity contribution is 5.85. The Morgan fingerprint density at radius 3 is 2.33 bits per heavy atom. The van der Waals surface area contributed by atoms with Gasteiger partial charge in [0, 0.05) is 7.05 Å². The first-order chi connectivity index (χ1) is 8.42. The molecule has 0 aromatic rings. The summed E-state index contributed by atoms with van der Waals surface area (Å²) in [6, 6.07) is -0.271. The van der Waals surface area contributed by atoms with Crippen LogP contribution < -0.4 is 0 Å². The number of aliphatic carboxylic acids is 1. The number of aliphatic hydroxyl groups excluding tert-OH is 1. The quantitative estimate of drug-likeness (QED) is 0.769. The zero-order valence-corrected chi connectivity index (χ0v) is 11.3. The lowest BCUT2D eigenvalue weighted by molar-refractivity contribution is -0.149. The molecule has 0 saturated heterocycles. The SMILES string of the molecule is CCC1CC(C(=O)O)C(C(=O)N(C)C(C)CO)C1. The van der Waals surface area contributed by atoms with E-state index in [4.69, 9.17) is 5.11 Å². The molecule has 0 heterocycles. The Balaban J connectivity index is 2.79. The third-order valence-corrected chi connectivity index (χ3v) is 4.14. The molecule has 1 fully saturated rings. The van der Waals surface area contributed by atoms with Gasteiger partial charge in [-0.2, -0.15) is 0 Å². The van der Waals surface area contributed by atoms with Gasteiger partial charge >= 0.3 is 5.97 Å². The van der Waals surface area contributed by atoms with Crippen molar-refractivity contribution >= 4 is 11.9 Å². The Bertz CT molecular complexity index is 318. The molecule has 0 spiro atoms. The summed E-state index contributed by atoms with van der Waals surface area (Å²) in [5.74, 6) is -1.73. The Hall–Kier alpha value is -1.10. The van der Waals surface area contributed by atoms with Gasteiger partial charge in [-0.25, -0.2) is 0 Å². The third kappa shape index (κ3) is 3.02. The van der Waals surface area contributed by atoms with E-state index in [-0.39, 0.29) is 18.6 Å². The molecule has 104 valence electrons. The van der Waals surface area contributed by atoms with Crippen molar-refractivity contribution < 1.29 is 19.8 Å². The van der Waals surface area contributed by atoms with E-state index in [1.807, 2.05) is 6.92 Å². The van der Waals surface area contributed by atoms with E-state index >= 15 is 0 Å². The minimum Gasteiger partial charge on any atom is -0.481 e. The number of carboxylic acid groups (broad SMARTS) is 1. The lowest BCUT2D eigenvalue weighted by Crippen LogP contribution is -2.43. The van der Waals surface area contributed by atoms with Crippen LogP contribution in [0.2, 0.25) is 0 Å². The topological polar surface area (TPSA) is 77.8 Å². The third-order valence-electron chi connectivity index (χ3n) is 4.14. The van der Waals surface area contributed by atoms with E-state index in [0.717, 1.165) is 6.42 Å². The van der Waals surface area contributed by atoms with E-state index in [1.165, 1.54) is 4.90 Å². The number of hydrogen-bond acceptors (Lipinski definition) is 3. The normalized spacial score (nSPS) is 29.0. The van der Waals surface area contributed by atoms with Crippen LogP contribution in [-0.4, -0.2) is 46.7 Å². The fourth-order valence-electron chi connectivity index (χ4n) is 2.62. The molecular formula is C13H23NO4. The average Bonchev–Trinajstić information content (AvgIpc) is 2.80. The molecule has 0 radical (unpaired) electrons. The fourth-order valence-corrected chi connectivity index (χ4v) is 2.62. The first-order valence-electron chi connectivity index (χ1n) is 6.52. The Morgan fingerprint density at radius 2 is 1.89 bits per heavy atom. The van der Waals surface area contributed by atoms with Crippen LogP contribution in [0.25, 0.3) is 0 Å². The predicted octanol–water partition coefficient (Wildman–Crippen LogP) is 0.963. The molecule has 4 unspecified atom stereocenters. The maximum atomic E-state index is 12.3. The van der Waals surface area contributed by atoms with Crippen LogP contribution in [0.15, 0.2) is 0 Å². The van der Waals surface area contributed by atoms with Crippen molar-refractivity contribution in [3.8, 4) is 0 Å². The number of carboxylic acids is 1. The maximum absolute atomic E-state index is 12.3. The van der Waals surface area contributed by atoms with Gasteiger partial charge < -0.3 is 15.1 Å². The molecule has 0 aromatic heterocycles. The van der Waals surface area contributed by atoms with Gasteiger partial charge in [0.05, 0.1) is 24.5 Å². The molecule has 1 aliphatic rings. The Labute approximate surface area is 108 Å². The minimum absolute atomic E-state index is 0.107. The summed E-state index contributed by atoms with van der Waals surface area (Å²) in [6.07, 6.45) is 2.14. The highest BCUT2D eigenvalue weighted by Gasteiger charge is 2.43. The fraction of sp³-hybridized carbons (Fsp3) is 0.846. The first kappa shape index (κ1) is 15.0. The van der Waals surface area contributed by atoms with Crippen LogP contribution in [-0.2, 0) is 9.59 Å². The number of rotatable bonds is 5. The van der Waals surface area contributed by atoms with Gasteiger partial charge in [0.25, 0.3) is 0 Å². The molecule has 5 nitrogen and oxygen atoms in total. The summed E-state index contributed by atoms with van der Waals surface area (Å²) >= 11 is 0. The highest BCUT2D eigenvalue weighted by atomic mass is 16.4. The molecule has 0 aromatic carbocycles. The number of aliphatic hydroxyl groups is 1. The van der Waals surface area contributed by atoms with Crippen LogP contribution in [0, 0.1) is 17.8 Å². The van der Waals surface area contributed by atoms with Crippen molar-refractivity contribution in [3.63, 3.8) is 0 Å². The molecule has 0 aliphatic heterocycles. The van der Waals surface area contributed by atoms with Gasteiger partial charge in [-0.1, -0.05) is 13.3 Å². The summed E-state index contributed by atoms with van der Waals surface area (Å²) < 4.78 is 0. The standard InChI is InChI=1S/C13H23NO4/c1-4-9-5-10(11(6-9)13(17)18)12(16)14(3)8(2)7-15/h8-11,15H,4-7H2,1-3H3,(H,17,18). The minimum atomic E-state index is -0.880. The second-order valence-corrected chi connectivity index (χ2v) is 5.28. The first-order valence-corrected chi connectivity index (χ1v) is 6.52. The number of likely N-dealkylation sites (N-methyl/N-ethyl adjacent to an activating group) is 1. The Morgan fingerprint density at radius 1 is 1.33 bits per heavy atom. The molecule has 1 saturated carbocycles. The summed E-state index contributed by atoms with van der Waals surface area (Å²) in [4.78, 5) is 25.0. The summed E-state index contributed by atoms with van der Waals surface area (Å²) in [5, 5.41) is 18.3. The molecule has 4 atom stereocenters. The van der Waals surface area contributed by atoms with E-state index in [0.29, 0.717) is 18.8 Å². The summed E-state index contributed by atoms with van der Waals surface area (Å²) in [5.41, 5.74) is 0. The highest BCUT2D eigenvalue weighted by Crippen LogP contribution is 2.39. The lowest BCUT2D eigenvalue weighted by atomic mass is 9.94. The summed E-state index contributed by atoms with van der Waals surface area (Å²) in [7, 11) is 1.63. The van der Waals surface area contributed by atoms with Crippen LogP contribution in [0.3, 0.4) is 0 Å². The molecule has 5 heteroatoms. The van der Waals surface area contributed by atoms with Crippen LogP contribution in [0.1, 0.15) is 33.1 Å². The van der Waals surface area contributed by atoms with Gasteiger partial charge in [0.1, 0.15) is 0 Å². The predicted molar refractivity (Wildman–Crippen MR) is 66.9 cm³/mol. The second-order valence-electron chi connectivity index (χ2n) is 5.28. The number of hydrogen-bond donors (Lipinski definition) is 2. The molecule has 0 bridgehead atoms. The smallest absolute Gasteiger partial charge is 0.307 e. The number of carbonyl (C=O) groups is 2. The van der Waals surface area contributed by atoms with E-state index in [9.17, 15) is 14.7 Å². The van der Waals surface area contributed by atoms with Crippen molar-refractivity contribution in [2.45, 2.75) is 39.2 Å². The summed E-state index contributed by atoms with van der Waals surface area (Å²) in [6.45, 7) is 3.67. The molecule has 2 N–H and O–H groups in total. The molecule has 1 aliphatic carbocycles. The van der Waals surface area contributed by atoms with E-state index in [1.54, 1.807) is 14.0 Å². The van der Waals surface area contributed by atoms with Crippen LogP contribution >= 0.6 is 0 Å². The van der Waals surface area contributed by atoms with Crippen molar-refractivity contribution in [3.05, 3.63) is 0 Å². The van der Waals surface area contributed by atoms with Crippen LogP contribution in [0.5, 0.6) is 0 Å². The number of carbonyl (C=O) groups excluding carboxylic acids is 1. The van der Waals surface area contributed by atoms with E-state index in [2.05, 4.69) is 0 Å².